The molecule has 19 heteroatoms. The molecular formula is C69H134O17P2. The van der Waals surface area contributed by atoms with E-state index >= 15 is 0 Å². The maximum absolute atomic E-state index is 13.0. The summed E-state index contributed by atoms with van der Waals surface area (Å²) in [4.78, 5) is 72.5. The molecule has 0 aromatic heterocycles. The van der Waals surface area contributed by atoms with E-state index in [0.717, 1.165) is 126 Å². The van der Waals surface area contributed by atoms with E-state index in [1.165, 1.54) is 128 Å². The SMILES string of the molecule is CCC(C)CCCCCCCCC(=O)OC[C@H](COP(=O)(O)OCC(O)COP(=O)(O)OC[C@@H](COC(=O)CCCCCCCCC(C)CC)OC(=O)CCCCCCCCCCCCCC(C)C)OC(=O)CCCCCCCCCCCCCC(C)C. The van der Waals surface area contributed by atoms with Crippen LogP contribution in [0.25, 0.3) is 0 Å². The summed E-state index contributed by atoms with van der Waals surface area (Å²) in [6, 6.07) is 0. The minimum atomic E-state index is -4.95. The van der Waals surface area contributed by atoms with Crippen molar-refractivity contribution < 1.29 is 80.2 Å². The number of unbranched alkanes of at least 4 members (excludes halogenated alkanes) is 30. The standard InChI is InChI=1S/C69H134O17P2/c1-9-61(7)47-39-31-25-27-33-41-49-66(71)79-55-64(85-68(73)51-43-35-23-19-15-11-13-17-21-29-37-45-59(3)4)57-83-87(75,76)81-53-63(70)54-82-88(77,78)84-58-65(56-80-67(72)50-42-34-28-26-32-40-48-62(8)10-2)86-69(74)52-44-36-24-20-16-12-14-18-22-30-38-46-60(5)6/h59-65,70H,9-58H2,1-8H3,(H,75,76)(H,77,78)/t61?,62?,63?,64-,65-/m1/s1. The van der Waals surface area contributed by atoms with E-state index in [9.17, 15) is 43.2 Å². The first kappa shape index (κ1) is 86.1. The van der Waals surface area contributed by atoms with E-state index in [0.29, 0.717) is 25.7 Å². The Hall–Kier alpha value is -1.94. The van der Waals surface area contributed by atoms with Gasteiger partial charge in [-0.25, -0.2) is 9.13 Å². The van der Waals surface area contributed by atoms with E-state index in [1.807, 2.05) is 0 Å². The van der Waals surface area contributed by atoms with Crippen LogP contribution in [-0.4, -0.2) is 96.7 Å². The van der Waals surface area contributed by atoms with Crippen molar-refractivity contribution in [3.05, 3.63) is 0 Å². The molecular weight excluding hydrogens is 1160 g/mol. The Bertz CT molecular complexity index is 1630. The number of ether oxygens (including phenoxy) is 4. The second kappa shape index (κ2) is 58.8. The molecule has 522 valence electrons. The maximum atomic E-state index is 13.0. The molecule has 3 N–H and O–H groups in total. The molecule has 0 saturated heterocycles. The molecule has 88 heavy (non-hydrogen) atoms. The van der Waals surface area contributed by atoms with Crippen molar-refractivity contribution in [1.82, 2.24) is 0 Å². The second-order valence-electron chi connectivity index (χ2n) is 26.4. The molecule has 0 rings (SSSR count). The first-order chi connectivity index (χ1) is 42.2. The van der Waals surface area contributed by atoms with Crippen LogP contribution in [0.2, 0.25) is 0 Å². The van der Waals surface area contributed by atoms with Crippen LogP contribution in [0.4, 0.5) is 0 Å². The average molecular weight is 1300 g/mol. The van der Waals surface area contributed by atoms with Crippen molar-refractivity contribution in [3.63, 3.8) is 0 Å². The van der Waals surface area contributed by atoms with Gasteiger partial charge < -0.3 is 33.8 Å². The van der Waals surface area contributed by atoms with Gasteiger partial charge in [-0.1, -0.05) is 287 Å². The number of aliphatic hydroxyl groups is 1. The number of rotatable bonds is 66. The van der Waals surface area contributed by atoms with E-state index < -0.39 is 97.5 Å². The number of carbonyl (C=O) groups is 4. The number of phosphoric acid groups is 2. The first-order valence-electron chi connectivity index (χ1n) is 35.8. The molecule has 0 bridgehead atoms. The highest BCUT2D eigenvalue weighted by Gasteiger charge is 2.30. The number of phosphoric ester groups is 2. The van der Waals surface area contributed by atoms with Crippen LogP contribution in [0, 0.1) is 23.7 Å². The van der Waals surface area contributed by atoms with Crippen molar-refractivity contribution in [2.24, 2.45) is 23.7 Å². The Morgan fingerprint density at radius 1 is 0.318 bits per heavy atom. The number of aliphatic hydroxyl groups excluding tert-OH is 1. The van der Waals surface area contributed by atoms with Crippen LogP contribution in [-0.2, 0) is 65.4 Å². The van der Waals surface area contributed by atoms with Gasteiger partial charge in [0.25, 0.3) is 0 Å². The Labute approximate surface area is 537 Å². The highest BCUT2D eigenvalue weighted by Crippen LogP contribution is 2.45. The molecule has 4 unspecified atom stereocenters. The van der Waals surface area contributed by atoms with E-state index in [-0.39, 0.29) is 25.7 Å². The summed E-state index contributed by atoms with van der Waals surface area (Å²) in [5.41, 5.74) is 0. The third-order valence-electron chi connectivity index (χ3n) is 16.5. The van der Waals surface area contributed by atoms with Crippen molar-refractivity contribution in [2.45, 2.75) is 356 Å². The van der Waals surface area contributed by atoms with Crippen molar-refractivity contribution in [2.75, 3.05) is 39.6 Å². The molecule has 0 aromatic rings. The van der Waals surface area contributed by atoms with E-state index in [2.05, 4.69) is 55.4 Å². The van der Waals surface area contributed by atoms with Crippen LogP contribution < -0.4 is 0 Å². The molecule has 0 spiro atoms. The van der Waals surface area contributed by atoms with Crippen LogP contribution in [0.5, 0.6) is 0 Å². The summed E-state index contributed by atoms with van der Waals surface area (Å²) < 4.78 is 68.2. The number of hydrogen-bond donors (Lipinski definition) is 3. The van der Waals surface area contributed by atoms with Gasteiger partial charge >= 0.3 is 39.5 Å². The van der Waals surface area contributed by atoms with Gasteiger partial charge in [0, 0.05) is 25.7 Å². The summed E-state index contributed by atoms with van der Waals surface area (Å²) in [5.74, 6) is 0.860. The molecule has 0 aliphatic carbocycles. The molecule has 0 aliphatic heterocycles. The van der Waals surface area contributed by atoms with Crippen molar-refractivity contribution >= 4 is 39.5 Å². The van der Waals surface area contributed by atoms with Crippen molar-refractivity contribution in [1.29, 1.82) is 0 Å². The van der Waals surface area contributed by atoms with E-state index in [4.69, 9.17) is 37.0 Å². The van der Waals surface area contributed by atoms with Crippen LogP contribution in [0.1, 0.15) is 338 Å². The third-order valence-corrected chi connectivity index (χ3v) is 18.4. The topological polar surface area (TPSA) is 237 Å². The Balaban J connectivity index is 5.26. The molecule has 0 fully saturated rings. The quantitative estimate of drug-likeness (QED) is 0.0222. The molecule has 0 aliphatic rings. The molecule has 0 heterocycles. The highest BCUT2D eigenvalue weighted by atomic mass is 31.2. The molecule has 0 radical (unpaired) electrons. The van der Waals surface area contributed by atoms with Crippen LogP contribution in [0.15, 0.2) is 0 Å². The minimum Gasteiger partial charge on any atom is -0.462 e. The summed E-state index contributed by atoms with van der Waals surface area (Å²) >= 11 is 0. The van der Waals surface area contributed by atoms with Gasteiger partial charge in [0.05, 0.1) is 26.4 Å². The predicted molar refractivity (Wildman–Crippen MR) is 354 cm³/mol. The van der Waals surface area contributed by atoms with Gasteiger partial charge in [0.1, 0.15) is 19.3 Å². The van der Waals surface area contributed by atoms with Crippen LogP contribution in [0.3, 0.4) is 0 Å². The predicted octanol–water partition coefficient (Wildman–Crippen LogP) is 19.3. The van der Waals surface area contributed by atoms with Gasteiger partial charge in [0.15, 0.2) is 12.2 Å². The largest absolute Gasteiger partial charge is 0.472 e. The number of esters is 4. The minimum absolute atomic E-state index is 0.105. The maximum Gasteiger partial charge on any atom is 0.472 e. The molecule has 17 nitrogen and oxygen atoms in total. The number of carbonyl (C=O) groups excluding carboxylic acids is 4. The summed E-state index contributed by atoms with van der Waals surface area (Å²) in [6.45, 7) is 14.1. The molecule has 6 atom stereocenters. The monoisotopic (exact) mass is 1300 g/mol. The number of hydrogen-bond acceptors (Lipinski definition) is 15. The third kappa shape index (κ3) is 60.3. The lowest BCUT2D eigenvalue weighted by Gasteiger charge is -2.21. The Kier molecular flexibility index (Phi) is 57.6. The smallest absolute Gasteiger partial charge is 0.462 e. The van der Waals surface area contributed by atoms with Gasteiger partial charge in [-0.3, -0.25) is 37.3 Å². The molecule has 0 aromatic carbocycles. The zero-order chi connectivity index (χ0) is 65.4. The lowest BCUT2D eigenvalue weighted by molar-refractivity contribution is -0.161. The van der Waals surface area contributed by atoms with Crippen molar-refractivity contribution in [3.8, 4) is 0 Å². The van der Waals surface area contributed by atoms with Gasteiger partial charge in [0.2, 0.25) is 0 Å². The average Bonchev–Trinajstić information content (AvgIpc) is 3.54. The molecule has 0 amide bonds. The zero-order valence-electron chi connectivity index (χ0n) is 57.3. The Morgan fingerprint density at radius 2 is 0.545 bits per heavy atom. The zero-order valence-corrected chi connectivity index (χ0v) is 59.1. The lowest BCUT2D eigenvalue weighted by Crippen LogP contribution is -2.30. The van der Waals surface area contributed by atoms with Gasteiger partial charge in [-0.2, -0.15) is 0 Å². The normalized spacial score (nSPS) is 14.9. The van der Waals surface area contributed by atoms with Gasteiger partial charge in [-0.05, 0) is 49.4 Å². The fraction of sp³-hybridized carbons (Fsp3) is 0.942. The fourth-order valence-corrected chi connectivity index (χ4v) is 11.8. The first-order valence-corrected chi connectivity index (χ1v) is 38.8. The lowest BCUT2D eigenvalue weighted by atomic mass is 10.00. The summed E-state index contributed by atoms with van der Waals surface area (Å²) in [5, 5.41) is 10.6. The highest BCUT2D eigenvalue weighted by molar-refractivity contribution is 7.47. The Morgan fingerprint density at radius 3 is 0.807 bits per heavy atom. The summed E-state index contributed by atoms with van der Waals surface area (Å²) in [7, 11) is -9.90. The second-order valence-corrected chi connectivity index (χ2v) is 29.3. The molecule has 0 saturated carbocycles. The van der Waals surface area contributed by atoms with Gasteiger partial charge in [-0.15, -0.1) is 0 Å². The summed E-state index contributed by atoms with van der Waals surface area (Å²) in [6.07, 6.45) is 40.3. The van der Waals surface area contributed by atoms with E-state index in [1.54, 1.807) is 0 Å². The van der Waals surface area contributed by atoms with Crippen LogP contribution >= 0.6 is 15.6 Å². The fourth-order valence-electron chi connectivity index (χ4n) is 10.2.